The van der Waals surface area contributed by atoms with Gasteiger partial charge in [0.25, 0.3) is 0 Å². The molecule has 5 aromatic rings. The Morgan fingerprint density at radius 1 is 1.09 bits per heavy atom. The molecule has 1 saturated heterocycles. The van der Waals surface area contributed by atoms with Crippen LogP contribution in [0.3, 0.4) is 0 Å². The first-order valence-electron chi connectivity index (χ1n) is 11.9. The van der Waals surface area contributed by atoms with Gasteiger partial charge in [0.2, 0.25) is 0 Å². The number of rotatable bonds is 7. The fourth-order valence-electron chi connectivity index (χ4n) is 4.78. The maximum absolute atomic E-state index is 9.81. The number of fused-ring (bicyclic) bond motifs is 2. The summed E-state index contributed by atoms with van der Waals surface area (Å²) in [7, 11) is 0. The second-order valence-electron chi connectivity index (χ2n) is 9.02. The number of piperidine rings is 1. The van der Waals surface area contributed by atoms with E-state index in [2.05, 4.69) is 68.6 Å². The zero-order valence-corrected chi connectivity index (χ0v) is 19.8. The van der Waals surface area contributed by atoms with E-state index in [0.717, 1.165) is 77.2 Å². The third-order valence-electron chi connectivity index (χ3n) is 6.51. The third kappa shape index (κ3) is 4.34. The van der Waals surface area contributed by atoms with E-state index >= 15 is 0 Å². The third-order valence-corrected chi connectivity index (χ3v) is 7.70. The number of aliphatic hydroxyl groups excluding tert-OH is 1. The lowest BCUT2D eigenvalue weighted by molar-refractivity contribution is 0.0679. The zero-order chi connectivity index (χ0) is 22.9. The van der Waals surface area contributed by atoms with Crippen molar-refractivity contribution in [2.24, 2.45) is 0 Å². The highest BCUT2D eigenvalue weighted by Crippen LogP contribution is 2.38. The molecule has 0 saturated carbocycles. The number of likely N-dealkylation sites (tertiary alicyclic amines) is 1. The lowest BCUT2D eigenvalue weighted by atomic mass is 10.1. The first kappa shape index (κ1) is 21.4. The standard InChI is InChI=1S/C27H28N4O2S/c32-20-8-4-11-31(17-20)12-5-13-33-21-10-9-19-14-23(28-22(19)15-21)26-27-24(29-30-26)16-25(34-27)18-6-2-1-3-7-18/h1-3,6-7,9-10,14-16,20,28,32H,4-5,8,11-13,17H2,(H,29,30). The lowest BCUT2D eigenvalue weighted by Gasteiger charge is -2.29. The molecule has 4 heterocycles. The van der Waals surface area contributed by atoms with Crippen LogP contribution in [0.1, 0.15) is 19.3 Å². The maximum atomic E-state index is 9.81. The summed E-state index contributed by atoms with van der Waals surface area (Å²) in [6, 6.07) is 21.0. The number of thiophene rings is 1. The summed E-state index contributed by atoms with van der Waals surface area (Å²) in [6.07, 6.45) is 2.79. The first-order valence-corrected chi connectivity index (χ1v) is 12.7. The van der Waals surface area contributed by atoms with E-state index in [-0.39, 0.29) is 6.10 Å². The van der Waals surface area contributed by atoms with Gasteiger partial charge in [0, 0.05) is 34.9 Å². The van der Waals surface area contributed by atoms with Crippen molar-refractivity contribution in [3.05, 3.63) is 60.7 Å². The van der Waals surface area contributed by atoms with Crippen molar-refractivity contribution in [2.45, 2.75) is 25.4 Å². The van der Waals surface area contributed by atoms with Gasteiger partial charge in [-0.2, -0.15) is 5.10 Å². The van der Waals surface area contributed by atoms with Gasteiger partial charge in [-0.1, -0.05) is 30.3 Å². The van der Waals surface area contributed by atoms with Gasteiger partial charge < -0.3 is 19.7 Å². The van der Waals surface area contributed by atoms with Crippen LogP contribution in [-0.2, 0) is 0 Å². The Morgan fingerprint density at radius 3 is 2.88 bits per heavy atom. The Bertz CT molecular complexity index is 1400. The molecule has 0 amide bonds. The topological polar surface area (TPSA) is 77.2 Å². The molecule has 7 heteroatoms. The summed E-state index contributed by atoms with van der Waals surface area (Å²) < 4.78 is 7.18. The van der Waals surface area contributed by atoms with Crippen LogP contribution in [0, 0.1) is 0 Å². The van der Waals surface area contributed by atoms with Gasteiger partial charge in [-0.25, -0.2) is 0 Å². The molecule has 1 aliphatic rings. The number of aliphatic hydroxyl groups is 1. The minimum Gasteiger partial charge on any atom is -0.493 e. The Morgan fingerprint density at radius 2 is 2.00 bits per heavy atom. The molecular formula is C27H28N4O2S. The van der Waals surface area contributed by atoms with Gasteiger partial charge in [-0.3, -0.25) is 5.10 Å². The van der Waals surface area contributed by atoms with Crippen molar-refractivity contribution in [3.63, 3.8) is 0 Å². The normalized spacial score (nSPS) is 17.0. The molecule has 1 atom stereocenters. The molecule has 2 aromatic carbocycles. The molecule has 3 N–H and O–H groups in total. The number of aromatic nitrogens is 3. The lowest BCUT2D eigenvalue weighted by Crippen LogP contribution is -2.39. The van der Waals surface area contributed by atoms with Crippen LogP contribution in [0.25, 0.3) is 42.9 Å². The SMILES string of the molecule is OC1CCCN(CCCOc2ccc3cc(-c4n[nH]c5cc(-c6ccccc6)sc45)[nH]c3c2)C1. The Balaban J connectivity index is 1.16. The molecule has 34 heavy (non-hydrogen) atoms. The van der Waals surface area contributed by atoms with E-state index in [1.54, 1.807) is 11.3 Å². The highest BCUT2D eigenvalue weighted by atomic mass is 32.1. The molecule has 0 spiro atoms. The molecular weight excluding hydrogens is 444 g/mol. The summed E-state index contributed by atoms with van der Waals surface area (Å²) in [5, 5.41) is 18.7. The van der Waals surface area contributed by atoms with Gasteiger partial charge in [-0.15, -0.1) is 11.3 Å². The van der Waals surface area contributed by atoms with Gasteiger partial charge in [0.15, 0.2) is 0 Å². The predicted molar refractivity (Wildman–Crippen MR) is 138 cm³/mol. The van der Waals surface area contributed by atoms with Gasteiger partial charge >= 0.3 is 0 Å². The summed E-state index contributed by atoms with van der Waals surface area (Å²) in [5.41, 5.74) is 5.27. The average Bonchev–Trinajstić information content (AvgIpc) is 3.56. The van der Waals surface area contributed by atoms with E-state index in [1.807, 2.05) is 12.1 Å². The number of ether oxygens (including phenoxy) is 1. The molecule has 1 aliphatic heterocycles. The number of H-pyrrole nitrogens is 2. The van der Waals surface area contributed by atoms with Crippen LogP contribution in [0.5, 0.6) is 5.75 Å². The Hall–Kier alpha value is -3.13. The minimum absolute atomic E-state index is 0.172. The van der Waals surface area contributed by atoms with Crippen LogP contribution in [0.15, 0.2) is 60.7 Å². The second-order valence-corrected chi connectivity index (χ2v) is 10.1. The monoisotopic (exact) mass is 472 g/mol. The zero-order valence-electron chi connectivity index (χ0n) is 19.0. The van der Waals surface area contributed by atoms with E-state index in [1.165, 1.54) is 10.4 Å². The summed E-state index contributed by atoms with van der Waals surface area (Å²) in [4.78, 5) is 7.10. The van der Waals surface area contributed by atoms with Crippen LogP contribution in [0.2, 0.25) is 0 Å². The number of nitrogens with zero attached hydrogens (tertiary/aromatic N) is 2. The molecule has 3 aromatic heterocycles. The van der Waals surface area contributed by atoms with Crippen molar-refractivity contribution in [2.75, 3.05) is 26.2 Å². The van der Waals surface area contributed by atoms with Gasteiger partial charge in [0.05, 0.1) is 28.6 Å². The summed E-state index contributed by atoms with van der Waals surface area (Å²) in [6.45, 7) is 3.50. The average molecular weight is 473 g/mol. The highest BCUT2D eigenvalue weighted by Gasteiger charge is 2.17. The van der Waals surface area contributed by atoms with E-state index < -0.39 is 0 Å². The number of β-amino-alcohol motifs (C(OH)–C–C–N with tert-alkyl or cyclic N) is 1. The largest absolute Gasteiger partial charge is 0.493 e. The van der Waals surface area contributed by atoms with Crippen LogP contribution < -0.4 is 4.74 Å². The number of aromatic amines is 2. The smallest absolute Gasteiger partial charge is 0.126 e. The van der Waals surface area contributed by atoms with Crippen molar-refractivity contribution in [1.82, 2.24) is 20.1 Å². The number of benzene rings is 2. The number of nitrogens with one attached hydrogen (secondary N) is 2. The molecule has 6 nitrogen and oxygen atoms in total. The van der Waals surface area contributed by atoms with Crippen molar-refractivity contribution >= 4 is 32.5 Å². The van der Waals surface area contributed by atoms with Crippen LogP contribution >= 0.6 is 11.3 Å². The van der Waals surface area contributed by atoms with E-state index in [0.29, 0.717) is 6.61 Å². The Labute approximate surface area is 202 Å². The van der Waals surface area contributed by atoms with E-state index in [9.17, 15) is 5.11 Å². The van der Waals surface area contributed by atoms with Gasteiger partial charge in [0.1, 0.15) is 11.4 Å². The Kier molecular flexibility index (Phi) is 5.83. The fraction of sp³-hybridized carbons (Fsp3) is 0.296. The minimum atomic E-state index is -0.172. The van der Waals surface area contributed by atoms with E-state index in [4.69, 9.17) is 4.74 Å². The maximum Gasteiger partial charge on any atom is 0.126 e. The highest BCUT2D eigenvalue weighted by molar-refractivity contribution is 7.22. The number of hydrogen-bond donors (Lipinski definition) is 3. The molecule has 174 valence electrons. The van der Waals surface area contributed by atoms with Crippen molar-refractivity contribution in [1.29, 1.82) is 0 Å². The molecule has 0 aliphatic carbocycles. The first-order chi connectivity index (χ1) is 16.7. The predicted octanol–water partition coefficient (Wildman–Crippen LogP) is 5.67. The second kappa shape index (κ2) is 9.25. The van der Waals surface area contributed by atoms with Crippen LogP contribution in [-0.4, -0.2) is 57.5 Å². The van der Waals surface area contributed by atoms with Gasteiger partial charge in [-0.05, 0) is 55.6 Å². The summed E-state index contributed by atoms with van der Waals surface area (Å²) >= 11 is 1.76. The quantitative estimate of drug-likeness (QED) is 0.267. The van der Waals surface area contributed by atoms with Crippen LogP contribution in [0.4, 0.5) is 0 Å². The summed E-state index contributed by atoms with van der Waals surface area (Å²) in [5.74, 6) is 0.870. The molecule has 6 rings (SSSR count). The molecule has 0 bridgehead atoms. The molecule has 1 fully saturated rings. The molecule has 1 unspecified atom stereocenters. The number of hydrogen-bond acceptors (Lipinski definition) is 5. The molecule has 0 radical (unpaired) electrons. The van der Waals surface area contributed by atoms with Crippen molar-refractivity contribution < 1.29 is 9.84 Å². The van der Waals surface area contributed by atoms with Crippen molar-refractivity contribution in [3.8, 4) is 27.6 Å². The fourth-order valence-corrected chi connectivity index (χ4v) is 5.90.